The second-order valence-electron chi connectivity index (χ2n) is 4.63. The second-order valence-corrected chi connectivity index (χ2v) is 4.63. The quantitative estimate of drug-likeness (QED) is 0.794. The molecule has 1 saturated carbocycles. The second kappa shape index (κ2) is 4.49. The molecule has 0 atom stereocenters. The van der Waals surface area contributed by atoms with Gasteiger partial charge in [-0.1, -0.05) is 6.42 Å². The van der Waals surface area contributed by atoms with E-state index in [1.807, 2.05) is 0 Å². The van der Waals surface area contributed by atoms with Gasteiger partial charge in [-0.2, -0.15) is 4.39 Å². The molecule has 0 aromatic heterocycles. The van der Waals surface area contributed by atoms with Crippen LogP contribution < -0.4 is 16.2 Å². The summed E-state index contributed by atoms with van der Waals surface area (Å²) in [5.74, 6) is -2.19. The van der Waals surface area contributed by atoms with Crippen LogP contribution in [0.3, 0.4) is 0 Å². The van der Waals surface area contributed by atoms with Crippen molar-refractivity contribution >= 4 is 5.69 Å². The normalized spacial score (nSPS) is 17.6. The molecule has 1 aliphatic carbocycles. The van der Waals surface area contributed by atoms with E-state index in [0.29, 0.717) is 6.54 Å². The Labute approximate surface area is 98.7 Å². The van der Waals surface area contributed by atoms with Crippen LogP contribution in [0.25, 0.3) is 0 Å². The summed E-state index contributed by atoms with van der Waals surface area (Å²) in [6.45, 7) is 0.776. The van der Waals surface area contributed by atoms with Crippen LogP contribution in [0.4, 0.5) is 14.5 Å². The van der Waals surface area contributed by atoms with Gasteiger partial charge in [0.25, 0.3) is 0 Å². The summed E-state index contributed by atoms with van der Waals surface area (Å²) < 4.78 is 31.8. The molecule has 1 aromatic carbocycles. The molecule has 0 radical (unpaired) electrons. The molecule has 0 saturated heterocycles. The first-order valence-corrected chi connectivity index (χ1v) is 5.64. The maximum Gasteiger partial charge on any atom is 0.202 e. The van der Waals surface area contributed by atoms with Gasteiger partial charge in [-0.3, -0.25) is 0 Å². The maximum absolute atomic E-state index is 13.5. The van der Waals surface area contributed by atoms with E-state index in [1.165, 1.54) is 6.07 Å². The van der Waals surface area contributed by atoms with E-state index in [0.717, 1.165) is 25.3 Å². The highest BCUT2D eigenvalue weighted by molar-refractivity contribution is 5.53. The van der Waals surface area contributed by atoms with Crippen molar-refractivity contribution in [1.82, 2.24) is 0 Å². The van der Waals surface area contributed by atoms with Gasteiger partial charge in [-0.15, -0.1) is 0 Å². The van der Waals surface area contributed by atoms with Gasteiger partial charge in [0, 0.05) is 12.0 Å². The van der Waals surface area contributed by atoms with Gasteiger partial charge in [-0.05, 0) is 25.0 Å². The van der Waals surface area contributed by atoms with Gasteiger partial charge in [0.2, 0.25) is 5.82 Å². The predicted octanol–water partition coefficient (Wildman–Crippen LogP) is 2.05. The molecule has 94 valence electrons. The average molecular weight is 242 g/mol. The van der Waals surface area contributed by atoms with Crippen LogP contribution in [0, 0.1) is 17.0 Å². The summed E-state index contributed by atoms with van der Waals surface area (Å²) in [7, 11) is 0. The fourth-order valence-corrected chi connectivity index (χ4v) is 2.00. The summed E-state index contributed by atoms with van der Waals surface area (Å²) in [6, 6.07) is 2.28. The standard InChI is InChI=1S/C12H16F2N2O/c13-8-2-3-9(16)11(10(8)14)17-7-12(6-15)4-1-5-12/h2-3H,1,4-7,15-16H2. The van der Waals surface area contributed by atoms with Gasteiger partial charge >= 0.3 is 0 Å². The van der Waals surface area contributed by atoms with E-state index in [2.05, 4.69) is 0 Å². The molecule has 5 heteroatoms. The van der Waals surface area contributed by atoms with Crippen LogP contribution in [-0.4, -0.2) is 13.2 Å². The molecule has 0 aliphatic heterocycles. The zero-order chi connectivity index (χ0) is 12.5. The molecule has 0 bridgehead atoms. The van der Waals surface area contributed by atoms with E-state index in [-0.39, 0.29) is 23.5 Å². The first kappa shape index (κ1) is 12.1. The Kier molecular flexibility index (Phi) is 3.19. The minimum atomic E-state index is -1.03. The summed E-state index contributed by atoms with van der Waals surface area (Å²) in [4.78, 5) is 0. The Morgan fingerprint density at radius 1 is 1.29 bits per heavy atom. The first-order chi connectivity index (χ1) is 8.08. The molecule has 1 aliphatic rings. The molecule has 4 N–H and O–H groups in total. The van der Waals surface area contributed by atoms with Crippen molar-refractivity contribution in [3.63, 3.8) is 0 Å². The van der Waals surface area contributed by atoms with E-state index < -0.39 is 11.6 Å². The lowest BCUT2D eigenvalue weighted by atomic mass is 9.69. The molecule has 2 rings (SSSR count). The largest absolute Gasteiger partial charge is 0.488 e. The molecule has 1 aromatic rings. The number of ether oxygens (including phenoxy) is 1. The number of hydrogen-bond acceptors (Lipinski definition) is 3. The number of anilines is 1. The van der Waals surface area contributed by atoms with Gasteiger partial charge in [-0.25, -0.2) is 4.39 Å². The highest BCUT2D eigenvalue weighted by atomic mass is 19.2. The maximum atomic E-state index is 13.5. The van der Waals surface area contributed by atoms with Crippen LogP contribution in [-0.2, 0) is 0 Å². The number of rotatable bonds is 4. The van der Waals surface area contributed by atoms with E-state index in [4.69, 9.17) is 16.2 Å². The fraction of sp³-hybridized carbons (Fsp3) is 0.500. The van der Waals surface area contributed by atoms with Crippen LogP contribution in [0.1, 0.15) is 19.3 Å². The van der Waals surface area contributed by atoms with Crippen molar-refractivity contribution < 1.29 is 13.5 Å². The van der Waals surface area contributed by atoms with Crippen molar-refractivity contribution in [1.29, 1.82) is 0 Å². The Hall–Kier alpha value is -1.36. The van der Waals surface area contributed by atoms with Crippen molar-refractivity contribution in [3.8, 4) is 5.75 Å². The number of hydrogen-bond donors (Lipinski definition) is 2. The fourth-order valence-electron chi connectivity index (χ4n) is 2.00. The number of halogens is 2. The zero-order valence-electron chi connectivity index (χ0n) is 9.51. The summed E-state index contributed by atoms with van der Waals surface area (Å²) in [5.41, 5.74) is 11.2. The van der Waals surface area contributed by atoms with Gasteiger partial charge in [0.05, 0.1) is 12.3 Å². The van der Waals surface area contributed by atoms with Crippen molar-refractivity contribution in [2.75, 3.05) is 18.9 Å². The SMILES string of the molecule is NCC1(COc2c(N)ccc(F)c2F)CCC1. The smallest absolute Gasteiger partial charge is 0.202 e. The molecule has 0 spiro atoms. The lowest BCUT2D eigenvalue weighted by Crippen LogP contribution is -2.42. The van der Waals surface area contributed by atoms with Gasteiger partial charge in [0.15, 0.2) is 11.6 Å². The molecule has 0 amide bonds. The van der Waals surface area contributed by atoms with Crippen LogP contribution in [0.5, 0.6) is 5.75 Å². The third kappa shape index (κ3) is 2.20. The Bertz CT molecular complexity index is 414. The molecular formula is C12H16F2N2O. The predicted molar refractivity (Wildman–Crippen MR) is 61.6 cm³/mol. The Morgan fingerprint density at radius 3 is 2.53 bits per heavy atom. The highest BCUT2D eigenvalue weighted by Gasteiger charge is 2.36. The third-order valence-corrected chi connectivity index (χ3v) is 3.45. The molecule has 3 nitrogen and oxygen atoms in total. The third-order valence-electron chi connectivity index (χ3n) is 3.45. The van der Waals surface area contributed by atoms with E-state index in [1.54, 1.807) is 0 Å². The van der Waals surface area contributed by atoms with Crippen molar-refractivity contribution in [3.05, 3.63) is 23.8 Å². The minimum Gasteiger partial charge on any atom is -0.488 e. The molecule has 0 heterocycles. The summed E-state index contributed by atoms with van der Waals surface area (Å²) in [5, 5.41) is 0. The van der Waals surface area contributed by atoms with E-state index >= 15 is 0 Å². The van der Waals surface area contributed by atoms with Gasteiger partial charge < -0.3 is 16.2 Å². The highest BCUT2D eigenvalue weighted by Crippen LogP contribution is 2.41. The van der Waals surface area contributed by atoms with Crippen molar-refractivity contribution in [2.45, 2.75) is 19.3 Å². The molecular weight excluding hydrogens is 226 g/mol. The number of nitrogens with two attached hydrogens (primary N) is 2. The summed E-state index contributed by atoms with van der Waals surface area (Å²) in [6.07, 6.45) is 3.02. The Morgan fingerprint density at radius 2 is 2.00 bits per heavy atom. The first-order valence-electron chi connectivity index (χ1n) is 5.64. The number of nitrogen functional groups attached to an aromatic ring is 1. The Balaban J connectivity index is 2.11. The lowest BCUT2D eigenvalue weighted by molar-refractivity contribution is 0.0647. The lowest BCUT2D eigenvalue weighted by Gasteiger charge is -2.40. The number of benzene rings is 1. The zero-order valence-corrected chi connectivity index (χ0v) is 9.51. The molecule has 17 heavy (non-hydrogen) atoms. The van der Waals surface area contributed by atoms with Crippen LogP contribution in [0.2, 0.25) is 0 Å². The topological polar surface area (TPSA) is 61.3 Å². The minimum absolute atomic E-state index is 0.0921. The molecule has 0 unspecified atom stereocenters. The molecule has 1 fully saturated rings. The monoisotopic (exact) mass is 242 g/mol. The van der Waals surface area contributed by atoms with Crippen LogP contribution >= 0.6 is 0 Å². The van der Waals surface area contributed by atoms with Crippen LogP contribution in [0.15, 0.2) is 12.1 Å². The average Bonchev–Trinajstić information content (AvgIpc) is 2.27. The van der Waals surface area contributed by atoms with Crippen molar-refractivity contribution in [2.24, 2.45) is 11.1 Å². The van der Waals surface area contributed by atoms with E-state index in [9.17, 15) is 8.78 Å². The summed E-state index contributed by atoms with van der Waals surface area (Å²) >= 11 is 0. The van der Waals surface area contributed by atoms with Gasteiger partial charge in [0.1, 0.15) is 0 Å².